The number of nitrogens with one attached hydrogen (secondary N) is 2. The van der Waals surface area contributed by atoms with Crippen molar-refractivity contribution in [2.45, 2.75) is 72.6 Å². The van der Waals surface area contributed by atoms with Gasteiger partial charge in [-0.05, 0) is 12.5 Å². The number of rotatable bonds is 7. The fourth-order valence-electron chi connectivity index (χ4n) is 3.24. The minimum atomic E-state index is -0.510. The molecule has 0 spiro atoms. The molecule has 0 radical (unpaired) electrons. The molecule has 1 heterocycles. The standard InChI is InChI=1S/C23H32N4O/c1-7-8-11-14-23(5,6)20-19(18(15-24)26-27-20)16-12-9-10-13-17(16)25-21(28)22(2,3)4/h9-10,12-13H,7-8,11,14H2,1-6H3,(H,25,28)(H,26,27). The van der Waals surface area contributed by atoms with Crippen molar-refractivity contribution in [1.82, 2.24) is 10.2 Å². The van der Waals surface area contributed by atoms with E-state index in [0.717, 1.165) is 36.1 Å². The van der Waals surface area contributed by atoms with Gasteiger partial charge in [-0.25, -0.2) is 0 Å². The van der Waals surface area contributed by atoms with Crippen molar-refractivity contribution in [3.05, 3.63) is 35.7 Å². The molecule has 2 aromatic rings. The number of para-hydroxylation sites is 1. The molecule has 0 fully saturated rings. The van der Waals surface area contributed by atoms with Crippen molar-refractivity contribution in [1.29, 1.82) is 5.26 Å². The Morgan fingerprint density at radius 3 is 2.46 bits per heavy atom. The molecule has 2 N–H and O–H groups in total. The maximum absolute atomic E-state index is 12.6. The molecule has 5 heteroatoms. The molecule has 0 bridgehead atoms. The fraction of sp³-hybridized carbons (Fsp3) is 0.522. The number of anilines is 1. The third-order valence-corrected chi connectivity index (χ3v) is 5.08. The highest BCUT2D eigenvalue weighted by molar-refractivity contribution is 5.99. The molecule has 0 atom stereocenters. The number of hydrogen-bond acceptors (Lipinski definition) is 3. The van der Waals surface area contributed by atoms with Crippen LogP contribution in [0.4, 0.5) is 5.69 Å². The quantitative estimate of drug-likeness (QED) is 0.596. The molecule has 1 aromatic heterocycles. The summed E-state index contributed by atoms with van der Waals surface area (Å²) in [4.78, 5) is 12.6. The third-order valence-electron chi connectivity index (χ3n) is 5.08. The maximum Gasteiger partial charge on any atom is 0.229 e. The van der Waals surface area contributed by atoms with Crippen LogP contribution in [0.15, 0.2) is 24.3 Å². The molecule has 0 aliphatic rings. The van der Waals surface area contributed by atoms with Gasteiger partial charge in [0.25, 0.3) is 0 Å². The van der Waals surface area contributed by atoms with E-state index in [2.05, 4.69) is 42.4 Å². The van der Waals surface area contributed by atoms with Crippen LogP contribution in [-0.4, -0.2) is 16.1 Å². The van der Waals surface area contributed by atoms with E-state index in [4.69, 9.17) is 0 Å². The summed E-state index contributed by atoms with van der Waals surface area (Å²) in [5.41, 5.74) is 2.94. The van der Waals surface area contributed by atoms with E-state index in [1.807, 2.05) is 45.0 Å². The first-order chi connectivity index (χ1) is 13.1. The second kappa shape index (κ2) is 8.60. The van der Waals surface area contributed by atoms with Gasteiger partial charge >= 0.3 is 0 Å². The van der Waals surface area contributed by atoms with E-state index >= 15 is 0 Å². The molecule has 0 aliphatic carbocycles. The largest absolute Gasteiger partial charge is 0.325 e. The number of nitriles is 1. The minimum absolute atomic E-state index is 0.0642. The second-order valence-corrected chi connectivity index (χ2v) is 9.02. The number of aromatic nitrogens is 2. The van der Waals surface area contributed by atoms with Gasteiger partial charge in [-0.2, -0.15) is 10.4 Å². The highest BCUT2D eigenvalue weighted by atomic mass is 16.2. The van der Waals surface area contributed by atoms with Crippen LogP contribution in [-0.2, 0) is 10.2 Å². The first kappa shape index (κ1) is 21.7. The fourth-order valence-corrected chi connectivity index (χ4v) is 3.24. The lowest BCUT2D eigenvalue weighted by molar-refractivity contribution is -0.123. The Hall–Kier alpha value is -2.61. The summed E-state index contributed by atoms with van der Waals surface area (Å²) in [7, 11) is 0. The van der Waals surface area contributed by atoms with Crippen molar-refractivity contribution in [2.75, 3.05) is 5.32 Å². The molecule has 5 nitrogen and oxygen atoms in total. The number of aromatic amines is 1. The van der Waals surface area contributed by atoms with Crippen LogP contribution in [0.5, 0.6) is 0 Å². The lowest BCUT2D eigenvalue weighted by atomic mass is 9.80. The van der Waals surface area contributed by atoms with Gasteiger partial charge in [0.05, 0.1) is 5.69 Å². The number of nitrogens with zero attached hydrogens (tertiary/aromatic N) is 2. The lowest BCUT2D eigenvalue weighted by Gasteiger charge is -2.26. The molecule has 1 amide bonds. The average molecular weight is 381 g/mol. The molecule has 0 unspecified atom stereocenters. The van der Waals surface area contributed by atoms with Crippen molar-refractivity contribution in [3.8, 4) is 17.2 Å². The Bertz CT molecular complexity index is 865. The van der Waals surface area contributed by atoms with Crippen molar-refractivity contribution in [2.24, 2.45) is 5.41 Å². The Balaban J connectivity index is 2.53. The zero-order valence-corrected chi connectivity index (χ0v) is 17.9. The number of amides is 1. The summed E-state index contributed by atoms with van der Waals surface area (Å²) < 4.78 is 0. The zero-order chi connectivity index (χ0) is 20.9. The van der Waals surface area contributed by atoms with Gasteiger partial charge in [-0.1, -0.05) is 79.0 Å². The molecule has 0 saturated heterocycles. The Morgan fingerprint density at radius 1 is 1.18 bits per heavy atom. The van der Waals surface area contributed by atoms with Crippen molar-refractivity contribution < 1.29 is 4.79 Å². The number of hydrogen-bond donors (Lipinski definition) is 2. The number of unbranched alkanes of at least 4 members (excludes halogenated alkanes) is 2. The molecule has 1 aromatic carbocycles. The third kappa shape index (κ3) is 4.81. The van der Waals surface area contributed by atoms with Crippen LogP contribution in [0.3, 0.4) is 0 Å². The summed E-state index contributed by atoms with van der Waals surface area (Å²) in [6, 6.07) is 9.84. The van der Waals surface area contributed by atoms with Gasteiger partial charge < -0.3 is 5.32 Å². The first-order valence-electron chi connectivity index (χ1n) is 10.0. The predicted molar refractivity (Wildman–Crippen MR) is 114 cm³/mol. The van der Waals surface area contributed by atoms with Crippen LogP contribution in [0.2, 0.25) is 0 Å². The van der Waals surface area contributed by atoms with Gasteiger partial charge in [0.1, 0.15) is 6.07 Å². The summed E-state index contributed by atoms with van der Waals surface area (Å²) in [5.74, 6) is -0.0642. The summed E-state index contributed by atoms with van der Waals surface area (Å²) in [6.07, 6.45) is 4.46. The number of carbonyl (C=O) groups excluding carboxylic acids is 1. The highest BCUT2D eigenvalue weighted by Crippen LogP contribution is 2.40. The van der Waals surface area contributed by atoms with E-state index in [-0.39, 0.29) is 11.3 Å². The van der Waals surface area contributed by atoms with Gasteiger partial charge in [-0.3, -0.25) is 9.89 Å². The van der Waals surface area contributed by atoms with Crippen LogP contribution in [0, 0.1) is 16.7 Å². The minimum Gasteiger partial charge on any atom is -0.325 e. The van der Waals surface area contributed by atoms with E-state index < -0.39 is 5.41 Å². The zero-order valence-electron chi connectivity index (χ0n) is 17.9. The molecular formula is C23H32N4O. The number of benzene rings is 1. The topological polar surface area (TPSA) is 81.6 Å². The first-order valence-corrected chi connectivity index (χ1v) is 10.0. The highest BCUT2D eigenvalue weighted by Gasteiger charge is 2.30. The number of H-pyrrole nitrogens is 1. The van der Waals surface area contributed by atoms with Gasteiger partial charge in [0, 0.05) is 27.6 Å². The van der Waals surface area contributed by atoms with Crippen molar-refractivity contribution in [3.63, 3.8) is 0 Å². The second-order valence-electron chi connectivity index (χ2n) is 9.02. The molecule has 150 valence electrons. The van der Waals surface area contributed by atoms with Crippen LogP contribution in [0.25, 0.3) is 11.1 Å². The molecule has 2 rings (SSSR count). The number of carbonyl (C=O) groups is 1. The average Bonchev–Trinajstić information content (AvgIpc) is 3.06. The van der Waals surface area contributed by atoms with E-state index in [9.17, 15) is 10.1 Å². The monoisotopic (exact) mass is 380 g/mol. The molecule has 28 heavy (non-hydrogen) atoms. The summed E-state index contributed by atoms with van der Waals surface area (Å²) >= 11 is 0. The lowest BCUT2D eigenvalue weighted by Crippen LogP contribution is -2.28. The Kier molecular flexibility index (Phi) is 6.66. The molecule has 0 aliphatic heterocycles. The summed E-state index contributed by atoms with van der Waals surface area (Å²) in [5, 5.41) is 20.1. The van der Waals surface area contributed by atoms with E-state index in [0.29, 0.717) is 11.4 Å². The van der Waals surface area contributed by atoms with Crippen LogP contribution >= 0.6 is 0 Å². The Labute approximate surface area is 168 Å². The predicted octanol–water partition coefficient (Wildman–Crippen LogP) is 5.79. The maximum atomic E-state index is 12.6. The van der Waals surface area contributed by atoms with E-state index in [1.165, 1.54) is 6.42 Å². The van der Waals surface area contributed by atoms with Gasteiger partial charge in [0.15, 0.2) is 5.69 Å². The van der Waals surface area contributed by atoms with E-state index in [1.54, 1.807) is 0 Å². The van der Waals surface area contributed by atoms with Gasteiger partial charge in [0.2, 0.25) is 5.91 Å². The van der Waals surface area contributed by atoms with Crippen molar-refractivity contribution >= 4 is 11.6 Å². The molecule has 0 saturated carbocycles. The Morgan fingerprint density at radius 2 is 1.86 bits per heavy atom. The normalized spacial score (nSPS) is 11.9. The molecular weight excluding hydrogens is 348 g/mol. The summed E-state index contributed by atoms with van der Waals surface area (Å²) in [6.45, 7) is 12.2. The SMILES string of the molecule is CCCCCC(C)(C)c1[nH]nc(C#N)c1-c1ccccc1NC(=O)C(C)(C)C. The smallest absolute Gasteiger partial charge is 0.229 e. The van der Waals surface area contributed by atoms with Crippen LogP contribution in [0.1, 0.15) is 78.6 Å². The van der Waals surface area contributed by atoms with Gasteiger partial charge in [-0.15, -0.1) is 0 Å². The van der Waals surface area contributed by atoms with Crippen LogP contribution < -0.4 is 5.32 Å².